The van der Waals surface area contributed by atoms with E-state index in [0.717, 1.165) is 34.3 Å². The van der Waals surface area contributed by atoms with E-state index in [9.17, 15) is 4.79 Å². The van der Waals surface area contributed by atoms with E-state index < -0.39 is 5.97 Å². The van der Waals surface area contributed by atoms with Crippen LogP contribution in [0.1, 0.15) is 11.1 Å². The van der Waals surface area contributed by atoms with E-state index >= 15 is 0 Å². The van der Waals surface area contributed by atoms with Crippen LogP contribution in [0.4, 0.5) is 0 Å². The number of benzene rings is 2. The second-order valence-electron chi connectivity index (χ2n) is 5.14. The number of aliphatic carboxylic acids is 1. The molecule has 0 unspecified atom stereocenters. The highest BCUT2D eigenvalue weighted by Gasteiger charge is 2.04. The van der Waals surface area contributed by atoms with Crippen LogP contribution in [0.25, 0.3) is 5.57 Å². The first kappa shape index (κ1) is 17.3. The quantitative estimate of drug-likeness (QED) is 0.618. The summed E-state index contributed by atoms with van der Waals surface area (Å²) in [7, 11) is 3.26. The van der Waals surface area contributed by atoms with Crippen molar-refractivity contribution < 1.29 is 19.4 Å². The van der Waals surface area contributed by atoms with Crippen molar-refractivity contribution in [2.45, 2.75) is 6.42 Å². The topological polar surface area (TPSA) is 55.8 Å². The van der Waals surface area contributed by atoms with Gasteiger partial charge in [-0.2, -0.15) is 0 Å². The van der Waals surface area contributed by atoms with Gasteiger partial charge in [-0.05, 0) is 47.4 Å². The summed E-state index contributed by atoms with van der Waals surface area (Å²) in [5.41, 5.74) is 3.14. The first-order valence-corrected chi connectivity index (χ1v) is 7.50. The highest BCUT2D eigenvalue weighted by atomic mass is 16.5. The van der Waals surface area contributed by atoms with Gasteiger partial charge in [0.05, 0.1) is 14.2 Å². The molecule has 2 aromatic rings. The zero-order chi connectivity index (χ0) is 17.4. The maximum absolute atomic E-state index is 10.7. The monoisotopic (exact) mass is 324 g/mol. The molecule has 0 saturated carbocycles. The average molecular weight is 324 g/mol. The summed E-state index contributed by atoms with van der Waals surface area (Å²) in [6.07, 6.45) is 5.17. The predicted octanol–water partition coefficient (Wildman–Crippen LogP) is 3.97. The zero-order valence-electron chi connectivity index (χ0n) is 13.7. The van der Waals surface area contributed by atoms with E-state index in [1.165, 1.54) is 0 Å². The SMILES string of the molecule is COc1ccc(CC(=CC=CC(=O)O)c2ccc(OC)cc2)cc1. The Morgan fingerprint density at radius 2 is 1.50 bits per heavy atom. The van der Waals surface area contributed by atoms with E-state index in [-0.39, 0.29) is 0 Å². The normalized spacial score (nSPS) is 11.5. The lowest BCUT2D eigenvalue weighted by Gasteiger charge is -2.09. The Balaban J connectivity index is 2.28. The fraction of sp³-hybridized carbons (Fsp3) is 0.150. The first-order chi connectivity index (χ1) is 11.6. The molecule has 0 bridgehead atoms. The molecule has 2 aromatic carbocycles. The van der Waals surface area contributed by atoms with Gasteiger partial charge in [-0.3, -0.25) is 0 Å². The van der Waals surface area contributed by atoms with Gasteiger partial charge < -0.3 is 14.6 Å². The van der Waals surface area contributed by atoms with Crippen LogP contribution in [0.15, 0.2) is 66.8 Å². The molecule has 24 heavy (non-hydrogen) atoms. The van der Waals surface area contributed by atoms with Gasteiger partial charge >= 0.3 is 5.97 Å². The molecule has 0 aromatic heterocycles. The average Bonchev–Trinajstić information content (AvgIpc) is 2.61. The number of ether oxygens (including phenoxy) is 2. The van der Waals surface area contributed by atoms with Crippen LogP contribution in [0.5, 0.6) is 11.5 Å². The van der Waals surface area contributed by atoms with Crippen LogP contribution >= 0.6 is 0 Å². The van der Waals surface area contributed by atoms with Crippen LogP contribution < -0.4 is 9.47 Å². The van der Waals surface area contributed by atoms with Gasteiger partial charge in [0.25, 0.3) is 0 Å². The summed E-state index contributed by atoms with van der Waals surface area (Å²) in [5, 5.41) is 8.77. The summed E-state index contributed by atoms with van der Waals surface area (Å²) in [6.45, 7) is 0. The molecule has 2 rings (SSSR count). The van der Waals surface area contributed by atoms with Crippen molar-refractivity contribution in [3.63, 3.8) is 0 Å². The Hall–Kier alpha value is -3.01. The molecule has 0 aliphatic rings. The molecule has 4 nitrogen and oxygen atoms in total. The number of hydrogen-bond donors (Lipinski definition) is 1. The van der Waals surface area contributed by atoms with Gasteiger partial charge in [0, 0.05) is 6.08 Å². The maximum atomic E-state index is 10.7. The lowest BCUT2D eigenvalue weighted by molar-refractivity contribution is -0.131. The molecule has 124 valence electrons. The van der Waals surface area contributed by atoms with Crippen molar-refractivity contribution in [3.8, 4) is 11.5 Å². The minimum atomic E-state index is -0.968. The minimum absolute atomic E-state index is 0.681. The van der Waals surface area contributed by atoms with Gasteiger partial charge in [0.2, 0.25) is 0 Å². The Morgan fingerprint density at radius 3 is 2.00 bits per heavy atom. The van der Waals surface area contributed by atoms with Crippen LogP contribution in [0.3, 0.4) is 0 Å². The highest BCUT2D eigenvalue weighted by molar-refractivity contribution is 5.81. The third-order valence-corrected chi connectivity index (χ3v) is 3.55. The van der Waals surface area contributed by atoms with Crippen LogP contribution in [0, 0.1) is 0 Å². The van der Waals surface area contributed by atoms with E-state index in [1.54, 1.807) is 20.3 Å². The summed E-state index contributed by atoms with van der Waals surface area (Å²) >= 11 is 0. The fourth-order valence-corrected chi connectivity index (χ4v) is 2.27. The number of allylic oxidation sites excluding steroid dienone is 3. The molecule has 0 aliphatic carbocycles. The van der Waals surface area contributed by atoms with Gasteiger partial charge in [-0.25, -0.2) is 4.79 Å². The second kappa shape index (κ2) is 8.58. The molecule has 0 atom stereocenters. The molecular weight excluding hydrogens is 304 g/mol. The standard InChI is InChI=1S/C20H20O4/c1-23-18-10-6-15(7-11-18)14-17(4-3-5-20(21)22)16-8-12-19(24-2)13-9-16/h3-13H,14H2,1-2H3,(H,21,22). The summed E-state index contributed by atoms with van der Waals surface area (Å²) in [6, 6.07) is 15.5. The van der Waals surface area contributed by atoms with Crippen molar-refractivity contribution in [1.82, 2.24) is 0 Å². The van der Waals surface area contributed by atoms with E-state index in [1.807, 2.05) is 54.6 Å². The Labute approximate surface area is 141 Å². The molecule has 0 radical (unpaired) electrons. The van der Waals surface area contributed by atoms with Crippen LogP contribution in [0.2, 0.25) is 0 Å². The molecule has 4 heteroatoms. The third-order valence-electron chi connectivity index (χ3n) is 3.55. The lowest BCUT2D eigenvalue weighted by Crippen LogP contribution is -1.93. The van der Waals surface area contributed by atoms with E-state index in [4.69, 9.17) is 14.6 Å². The summed E-state index contributed by atoms with van der Waals surface area (Å²) < 4.78 is 10.4. The molecular formula is C20H20O4. The number of carboxylic acids is 1. The zero-order valence-corrected chi connectivity index (χ0v) is 13.7. The van der Waals surface area contributed by atoms with E-state index in [2.05, 4.69) is 0 Å². The van der Waals surface area contributed by atoms with E-state index in [0.29, 0.717) is 6.42 Å². The number of carboxylic acid groups (broad SMARTS) is 1. The molecule has 0 heterocycles. The van der Waals surface area contributed by atoms with Crippen molar-refractivity contribution in [1.29, 1.82) is 0 Å². The summed E-state index contributed by atoms with van der Waals surface area (Å²) in [4.78, 5) is 10.7. The maximum Gasteiger partial charge on any atom is 0.328 e. The molecule has 0 aliphatic heterocycles. The Kier molecular flexibility index (Phi) is 6.20. The van der Waals surface area contributed by atoms with Gasteiger partial charge in [0.1, 0.15) is 11.5 Å². The fourth-order valence-electron chi connectivity index (χ4n) is 2.27. The van der Waals surface area contributed by atoms with Gasteiger partial charge in [-0.1, -0.05) is 36.4 Å². The molecule has 0 saturated heterocycles. The molecule has 0 spiro atoms. The Bertz CT molecular complexity index is 725. The number of rotatable bonds is 7. The van der Waals surface area contributed by atoms with Gasteiger partial charge in [-0.15, -0.1) is 0 Å². The largest absolute Gasteiger partial charge is 0.497 e. The smallest absolute Gasteiger partial charge is 0.328 e. The van der Waals surface area contributed by atoms with Crippen molar-refractivity contribution in [2.24, 2.45) is 0 Å². The number of hydrogen-bond acceptors (Lipinski definition) is 3. The van der Waals surface area contributed by atoms with Crippen molar-refractivity contribution in [2.75, 3.05) is 14.2 Å². The lowest BCUT2D eigenvalue weighted by atomic mass is 9.97. The molecule has 1 N–H and O–H groups in total. The second-order valence-corrected chi connectivity index (χ2v) is 5.14. The van der Waals surface area contributed by atoms with Crippen molar-refractivity contribution >= 4 is 11.5 Å². The Morgan fingerprint density at radius 1 is 0.958 bits per heavy atom. The van der Waals surface area contributed by atoms with Crippen LogP contribution in [-0.2, 0) is 11.2 Å². The molecule has 0 amide bonds. The predicted molar refractivity (Wildman–Crippen MR) is 94.4 cm³/mol. The molecule has 0 fully saturated rings. The highest BCUT2D eigenvalue weighted by Crippen LogP contribution is 2.23. The number of carbonyl (C=O) groups is 1. The number of methoxy groups -OCH3 is 2. The summed E-state index contributed by atoms with van der Waals surface area (Å²) in [5.74, 6) is 0.618. The van der Waals surface area contributed by atoms with Crippen LogP contribution in [-0.4, -0.2) is 25.3 Å². The first-order valence-electron chi connectivity index (χ1n) is 7.50. The third kappa shape index (κ3) is 5.02. The minimum Gasteiger partial charge on any atom is -0.497 e. The van der Waals surface area contributed by atoms with Crippen molar-refractivity contribution in [3.05, 3.63) is 77.9 Å². The van der Waals surface area contributed by atoms with Gasteiger partial charge in [0.15, 0.2) is 0 Å².